The average molecular weight is 297 g/mol. The Balaban J connectivity index is 1.98. The number of carbonyl (C=O) groups excluding carboxylic acids is 1. The van der Waals surface area contributed by atoms with Crippen molar-refractivity contribution in [1.82, 2.24) is 5.32 Å². The summed E-state index contributed by atoms with van der Waals surface area (Å²) in [6.07, 6.45) is 0. The second-order valence-electron chi connectivity index (χ2n) is 3.69. The van der Waals surface area contributed by atoms with Crippen molar-refractivity contribution in [2.75, 3.05) is 0 Å². The van der Waals surface area contributed by atoms with Crippen molar-refractivity contribution in [3.05, 3.63) is 61.3 Å². The lowest BCUT2D eigenvalue weighted by molar-refractivity contribution is -0.384. The largest absolute Gasteiger partial charge is 0.347 e. The first-order valence-electron chi connectivity index (χ1n) is 5.33. The molecule has 0 atom stereocenters. The molecule has 0 aliphatic carbocycles. The third kappa shape index (κ3) is 3.52. The summed E-state index contributed by atoms with van der Waals surface area (Å²) in [4.78, 5) is 22.7. The highest BCUT2D eigenvalue weighted by molar-refractivity contribution is 7.16. The van der Waals surface area contributed by atoms with E-state index in [1.807, 2.05) is 6.07 Å². The van der Waals surface area contributed by atoms with E-state index >= 15 is 0 Å². The monoisotopic (exact) mass is 296 g/mol. The van der Waals surface area contributed by atoms with E-state index in [2.05, 4.69) is 5.32 Å². The number of nitrogens with zero attached hydrogens (tertiary/aromatic N) is 1. The number of amides is 1. The summed E-state index contributed by atoms with van der Waals surface area (Å²) in [6, 6.07) is 9.06. The van der Waals surface area contributed by atoms with Gasteiger partial charge in [0.15, 0.2) is 0 Å². The molecule has 0 fully saturated rings. The Morgan fingerprint density at radius 2 is 1.95 bits per heavy atom. The highest BCUT2D eigenvalue weighted by Crippen LogP contribution is 2.21. The van der Waals surface area contributed by atoms with Crippen LogP contribution in [-0.4, -0.2) is 10.8 Å². The van der Waals surface area contributed by atoms with Gasteiger partial charge in [-0.15, -0.1) is 11.3 Å². The van der Waals surface area contributed by atoms with E-state index < -0.39 is 4.92 Å². The van der Waals surface area contributed by atoms with Crippen molar-refractivity contribution in [3.63, 3.8) is 0 Å². The van der Waals surface area contributed by atoms with E-state index in [0.29, 0.717) is 16.4 Å². The number of carbonyl (C=O) groups is 1. The van der Waals surface area contributed by atoms with Gasteiger partial charge in [0.2, 0.25) is 0 Å². The summed E-state index contributed by atoms with van der Waals surface area (Å²) in [6.45, 7) is 0.382. The van der Waals surface area contributed by atoms with Gasteiger partial charge in [0.25, 0.3) is 11.6 Å². The Morgan fingerprint density at radius 3 is 2.47 bits per heavy atom. The summed E-state index contributed by atoms with van der Waals surface area (Å²) in [5, 5.41) is 13.2. The maximum absolute atomic E-state index is 11.8. The molecular weight excluding hydrogens is 288 g/mol. The van der Waals surface area contributed by atoms with Crippen LogP contribution in [0.5, 0.6) is 0 Å². The van der Waals surface area contributed by atoms with Gasteiger partial charge in [-0.1, -0.05) is 11.6 Å². The number of halogens is 1. The maximum atomic E-state index is 11.8. The SMILES string of the molecule is O=C(NCc1ccc(Cl)s1)c1ccc([N+](=O)[O-])cc1. The van der Waals surface area contributed by atoms with Crippen LogP contribution in [-0.2, 0) is 6.54 Å². The Kier molecular flexibility index (Phi) is 4.13. The molecule has 1 aromatic heterocycles. The van der Waals surface area contributed by atoms with Gasteiger partial charge in [-0.05, 0) is 24.3 Å². The molecular formula is C12H9ClN2O3S. The Bertz CT molecular complexity index is 610. The van der Waals surface area contributed by atoms with Crippen molar-refractivity contribution < 1.29 is 9.72 Å². The van der Waals surface area contributed by atoms with Crippen molar-refractivity contribution in [1.29, 1.82) is 0 Å². The predicted octanol–water partition coefficient (Wildman–Crippen LogP) is 3.24. The lowest BCUT2D eigenvalue weighted by Gasteiger charge is -2.03. The molecule has 1 N–H and O–H groups in total. The number of non-ortho nitro benzene ring substituents is 1. The summed E-state index contributed by atoms with van der Waals surface area (Å²) < 4.78 is 0.666. The summed E-state index contributed by atoms with van der Waals surface area (Å²) in [5.41, 5.74) is 0.342. The number of nitro benzene ring substituents is 1. The molecule has 0 saturated heterocycles. The molecule has 0 saturated carbocycles. The molecule has 98 valence electrons. The minimum Gasteiger partial charge on any atom is -0.347 e. The van der Waals surface area contributed by atoms with Crippen LogP contribution in [0, 0.1) is 10.1 Å². The van der Waals surface area contributed by atoms with Crippen molar-refractivity contribution in [2.45, 2.75) is 6.54 Å². The van der Waals surface area contributed by atoms with Gasteiger partial charge in [-0.2, -0.15) is 0 Å². The molecule has 5 nitrogen and oxygen atoms in total. The number of thiophene rings is 1. The fourth-order valence-electron chi connectivity index (χ4n) is 1.45. The fraction of sp³-hybridized carbons (Fsp3) is 0.0833. The normalized spacial score (nSPS) is 10.2. The second-order valence-corrected chi connectivity index (χ2v) is 5.49. The van der Waals surface area contributed by atoms with Gasteiger partial charge in [0.05, 0.1) is 15.8 Å². The molecule has 2 rings (SSSR count). The lowest BCUT2D eigenvalue weighted by atomic mass is 10.2. The highest BCUT2D eigenvalue weighted by atomic mass is 35.5. The Hall–Kier alpha value is -1.92. The van der Waals surface area contributed by atoms with E-state index in [1.54, 1.807) is 6.07 Å². The van der Waals surface area contributed by atoms with E-state index in [9.17, 15) is 14.9 Å². The molecule has 0 aliphatic heterocycles. The fourth-order valence-corrected chi connectivity index (χ4v) is 2.48. The van der Waals surface area contributed by atoms with E-state index in [0.717, 1.165) is 4.88 Å². The molecule has 7 heteroatoms. The van der Waals surface area contributed by atoms with Crippen LogP contribution in [0.2, 0.25) is 4.34 Å². The zero-order valence-corrected chi connectivity index (χ0v) is 11.2. The molecule has 0 spiro atoms. The van der Waals surface area contributed by atoms with Gasteiger partial charge in [0, 0.05) is 22.6 Å². The number of rotatable bonds is 4. The molecule has 1 heterocycles. The smallest absolute Gasteiger partial charge is 0.269 e. The second kappa shape index (κ2) is 5.81. The average Bonchev–Trinajstić information content (AvgIpc) is 2.82. The van der Waals surface area contributed by atoms with E-state index in [-0.39, 0.29) is 11.6 Å². The number of nitro groups is 1. The van der Waals surface area contributed by atoms with Crippen LogP contribution in [0.25, 0.3) is 0 Å². The van der Waals surface area contributed by atoms with Crippen LogP contribution in [0.15, 0.2) is 36.4 Å². The number of nitrogens with one attached hydrogen (secondary N) is 1. The number of hydrogen-bond acceptors (Lipinski definition) is 4. The van der Waals surface area contributed by atoms with Crippen LogP contribution >= 0.6 is 22.9 Å². The molecule has 0 aliphatic rings. The first-order chi connectivity index (χ1) is 9.06. The van der Waals surface area contributed by atoms with Crippen molar-refractivity contribution in [3.8, 4) is 0 Å². The Labute approximate surface area is 118 Å². The quantitative estimate of drug-likeness (QED) is 0.695. The van der Waals surface area contributed by atoms with Crippen LogP contribution < -0.4 is 5.32 Å². The minimum absolute atomic E-state index is 0.0402. The summed E-state index contributed by atoms with van der Waals surface area (Å²) in [7, 11) is 0. The van der Waals surface area contributed by atoms with E-state index in [4.69, 9.17) is 11.6 Å². The van der Waals surface area contributed by atoms with Gasteiger partial charge in [0.1, 0.15) is 0 Å². The van der Waals surface area contributed by atoms with Crippen molar-refractivity contribution >= 4 is 34.5 Å². The molecule has 0 unspecified atom stereocenters. The van der Waals surface area contributed by atoms with Crippen molar-refractivity contribution in [2.24, 2.45) is 0 Å². The Morgan fingerprint density at radius 1 is 1.26 bits per heavy atom. The number of hydrogen-bond donors (Lipinski definition) is 1. The van der Waals surface area contributed by atoms with Crippen LogP contribution in [0.4, 0.5) is 5.69 Å². The third-order valence-corrected chi connectivity index (χ3v) is 3.62. The topological polar surface area (TPSA) is 72.2 Å². The first kappa shape index (κ1) is 13.5. The van der Waals surface area contributed by atoms with Crippen LogP contribution in [0.3, 0.4) is 0 Å². The van der Waals surface area contributed by atoms with E-state index in [1.165, 1.54) is 35.6 Å². The van der Waals surface area contributed by atoms with Gasteiger partial charge in [-0.3, -0.25) is 14.9 Å². The number of benzene rings is 1. The van der Waals surface area contributed by atoms with Gasteiger partial charge in [-0.25, -0.2) is 0 Å². The first-order valence-corrected chi connectivity index (χ1v) is 6.52. The maximum Gasteiger partial charge on any atom is 0.269 e. The molecule has 0 bridgehead atoms. The van der Waals surface area contributed by atoms with Crippen LogP contribution in [0.1, 0.15) is 15.2 Å². The minimum atomic E-state index is -0.505. The molecule has 1 amide bonds. The zero-order valence-electron chi connectivity index (χ0n) is 9.63. The summed E-state index contributed by atoms with van der Waals surface area (Å²) >= 11 is 7.17. The molecule has 19 heavy (non-hydrogen) atoms. The lowest BCUT2D eigenvalue weighted by Crippen LogP contribution is -2.22. The third-order valence-electron chi connectivity index (χ3n) is 2.39. The zero-order chi connectivity index (χ0) is 13.8. The molecule has 0 radical (unpaired) electrons. The van der Waals surface area contributed by atoms with Gasteiger partial charge >= 0.3 is 0 Å². The summed E-state index contributed by atoms with van der Waals surface area (Å²) in [5.74, 6) is -0.278. The standard InChI is InChI=1S/C12H9ClN2O3S/c13-11-6-5-10(19-11)7-14-12(16)8-1-3-9(4-2-8)15(17)18/h1-6H,7H2,(H,14,16). The van der Waals surface area contributed by atoms with Gasteiger partial charge < -0.3 is 5.32 Å². The predicted molar refractivity (Wildman–Crippen MR) is 73.6 cm³/mol. The highest BCUT2D eigenvalue weighted by Gasteiger charge is 2.09. The molecule has 1 aromatic carbocycles. The molecule has 2 aromatic rings.